The molecule has 0 fully saturated rings. The van der Waals surface area contributed by atoms with Gasteiger partial charge in [-0.15, -0.1) is 0 Å². The molecule has 0 amide bonds. The largest absolute Gasteiger partial charge is 0.396 e. The second-order valence-electron chi connectivity index (χ2n) is 2.44. The van der Waals surface area contributed by atoms with Crippen molar-refractivity contribution in [1.29, 1.82) is 0 Å². The quantitative estimate of drug-likeness (QED) is 0.530. The van der Waals surface area contributed by atoms with Crippen LogP contribution < -0.4 is 0 Å². The van der Waals surface area contributed by atoms with Crippen LogP contribution in [0.5, 0.6) is 0 Å². The van der Waals surface area contributed by atoms with Crippen molar-refractivity contribution in [2.24, 2.45) is 5.92 Å². The van der Waals surface area contributed by atoms with Gasteiger partial charge in [0.1, 0.15) is 6.17 Å². The third-order valence-electron chi connectivity index (χ3n) is 1.59. The van der Waals surface area contributed by atoms with E-state index in [2.05, 4.69) is 0 Å². The monoisotopic (exact) mass is 130 g/mol. The van der Waals surface area contributed by atoms with E-state index in [0.717, 1.165) is 0 Å². The third-order valence-corrected chi connectivity index (χ3v) is 1.59. The summed E-state index contributed by atoms with van der Waals surface area (Å²) in [6, 6.07) is 0. The van der Waals surface area contributed by atoms with Crippen LogP contribution in [0.3, 0.4) is 0 Å². The third kappa shape index (κ3) is 1.79. The highest BCUT2D eigenvalue weighted by atomic mass is 19.1. The van der Waals surface area contributed by atoms with E-state index < -0.39 is 6.17 Å². The van der Waals surface area contributed by atoms with Crippen LogP contribution in [0.1, 0.15) is 12.8 Å². The first-order valence-corrected chi connectivity index (χ1v) is 3.24. The maximum absolute atomic E-state index is 12.5. The van der Waals surface area contributed by atoms with E-state index in [9.17, 15) is 4.39 Å². The van der Waals surface area contributed by atoms with Gasteiger partial charge in [-0.05, 0) is 12.8 Å². The van der Waals surface area contributed by atoms with Gasteiger partial charge in [-0.1, -0.05) is 12.2 Å². The van der Waals surface area contributed by atoms with Crippen LogP contribution in [0, 0.1) is 5.92 Å². The molecule has 1 aliphatic carbocycles. The molecule has 0 aromatic heterocycles. The second-order valence-corrected chi connectivity index (χ2v) is 2.44. The van der Waals surface area contributed by atoms with Gasteiger partial charge in [-0.2, -0.15) is 0 Å². The minimum atomic E-state index is -0.729. The zero-order chi connectivity index (χ0) is 6.69. The number of halogens is 1. The molecule has 1 N–H and O–H groups in total. The molecule has 0 saturated carbocycles. The Kier molecular flexibility index (Phi) is 2.22. The Morgan fingerprint density at radius 3 is 2.89 bits per heavy atom. The molecule has 0 saturated heterocycles. The molecule has 2 unspecified atom stereocenters. The van der Waals surface area contributed by atoms with Crippen LogP contribution >= 0.6 is 0 Å². The van der Waals surface area contributed by atoms with Gasteiger partial charge in [0.05, 0.1) is 0 Å². The molecule has 0 spiro atoms. The van der Waals surface area contributed by atoms with Gasteiger partial charge in [0, 0.05) is 12.5 Å². The lowest BCUT2D eigenvalue weighted by molar-refractivity contribution is 0.198. The Morgan fingerprint density at radius 1 is 1.67 bits per heavy atom. The number of aliphatic hydroxyl groups excluding tert-OH is 1. The number of hydrogen-bond acceptors (Lipinski definition) is 1. The number of rotatable bonds is 1. The molecule has 52 valence electrons. The number of hydrogen-bond donors (Lipinski definition) is 1. The minimum absolute atomic E-state index is 0.0637. The highest BCUT2D eigenvalue weighted by Crippen LogP contribution is 2.19. The summed E-state index contributed by atoms with van der Waals surface area (Å²) in [6.07, 6.45) is 3.97. The number of aliphatic hydroxyl groups is 1. The summed E-state index contributed by atoms with van der Waals surface area (Å²) in [4.78, 5) is 0. The molecule has 9 heavy (non-hydrogen) atoms. The van der Waals surface area contributed by atoms with Crippen molar-refractivity contribution < 1.29 is 9.50 Å². The summed E-state index contributed by atoms with van der Waals surface area (Å²) >= 11 is 0. The lowest BCUT2D eigenvalue weighted by Crippen LogP contribution is -2.14. The zero-order valence-electron chi connectivity index (χ0n) is 5.26. The molecule has 1 aliphatic rings. The van der Waals surface area contributed by atoms with Crippen molar-refractivity contribution >= 4 is 0 Å². The van der Waals surface area contributed by atoms with E-state index in [-0.39, 0.29) is 12.5 Å². The standard InChI is InChI=1S/C7H11FO/c8-7-3-1-2-6(4-7)5-9/h1-2,6-7,9H,3-5H2. The van der Waals surface area contributed by atoms with Crippen LogP contribution in [-0.4, -0.2) is 17.9 Å². The van der Waals surface area contributed by atoms with Crippen molar-refractivity contribution in [3.05, 3.63) is 12.2 Å². The molecule has 0 aromatic carbocycles. The van der Waals surface area contributed by atoms with E-state index >= 15 is 0 Å². The topological polar surface area (TPSA) is 20.2 Å². The van der Waals surface area contributed by atoms with E-state index in [1.54, 1.807) is 6.08 Å². The number of alkyl halides is 1. The molecule has 0 bridgehead atoms. The second kappa shape index (κ2) is 2.97. The van der Waals surface area contributed by atoms with Crippen LogP contribution in [0.15, 0.2) is 12.2 Å². The summed E-state index contributed by atoms with van der Waals surface area (Å²) in [5.41, 5.74) is 0. The predicted molar refractivity (Wildman–Crippen MR) is 33.8 cm³/mol. The normalized spacial score (nSPS) is 34.9. The molecular formula is C7H11FO. The van der Waals surface area contributed by atoms with Gasteiger partial charge >= 0.3 is 0 Å². The van der Waals surface area contributed by atoms with Gasteiger partial charge in [0.2, 0.25) is 0 Å². The predicted octanol–water partition coefficient (Wildman–Crippen LogP) is 1.28. The van der Waals surface area contributed by atoms with Crippen LogP contribution in [0.25, 0.3) is 0 Å². The molecule has 0 aromatic rings. The fourth-order valence-electron chi connectivity index (χ4n) is 1.06. The number of allylic oxidation sites excluding steroid dienone is 1. The van der Waals surface area contributed by atoms with Crippen LogP contribution in [-0.2, 0) is 0 Å². The van der Waals surface area contributed by atoms with E-state index in [4.69, 9.17) is 5.11 Å². The lowest BCUT2D eigenvalue weighted by atomic mass is 9.95. The Balaban J connectivity index is 2.39. The smallest absolute Gasteiger partial charge is 0.104 e. The van der Waals surface area contributed by atoms with Gasteiger partial charge < -0.3 is 5.11 Å². The highest BCUT2D eigenvalue weighted by molar-refractivity contribution is 4.96. The Morgan fingerprint density at radius 2 is 2.44 bits per heavy atom. The summed E-state index contributed by atoms with van der Waals surface area (Å²) in [5.74, 6) is 0.0637. The summed E-state index contributed by atoms with van der Waals surface area (Å²) in [6.45, 7) is 0.0803. The van der Waals surface area contributed by atoms with Crippen molar-refractivity contribution in [2.75, 3.05) is 6.61 Å². The average molecular weight is 130 g/mol. The maximum atomic E-state index is 12.5. The SMILES string of the molecule is OCC1C=CCC(F)C1. The molecule has 2 atom stereocenters. The molecule has 0 aliphatic heterocycles. The Hall–Kier alpha value is -0.370. The average Bonchev–Trinajstić information content (AvgIpc) is 1.88. The fourth-order valence-corrected chi connectivity index (χ4v) is 1.06. The van der Waals surface area contributed by atoms with Gasteiger partial charge in [0.25, 0.3) is 0 Å². The fraction of sp³-hybridized carbons (Fsp3) is 0.714. The van der Waals surface area contributed by atoms with Crippen molar-refractivity contribution in [3.8, 4) is 0 Å². The maximum Gasteiger partial charge on any atom is 0.104 e. The minimum Gasteiger partial charge on any atom is -0.396 e. The summed E-state index contributed by atoms with van der Waals surface area (Å²) < 4.78 is 12.5. The Bertz CT molecular complexity index is 111. The first-order valence-electron chi connectivity index (χ1n) is 3.24. The lowest BCUT2D eigenvalue weighted by Gasteiger charge is -2.16. The Labute approximate surface area is 54.2 Å². The van der Waals surface area contributed by atoms with Gasteiger partial charge in [-0.25, -0.2) is 4.39 Å². The van der Waals surface area contributed by atoms with Crippen LogP contribution in [0.2, 0.25) is 0 Å². The zero-order valence-corrected chi connectivity index (χ0v) is 5.26. The first-order chi connectivity index (χ1) is 4.33. The van der Waals surface area contributed by atoms with Crippen molar-refractivity contribution in [1.82, 2.24) is 0 Å². The molecule has 0 heterocycles. The van der Waals surface area contributed by atoms with Gasteiger partial charge in [0.15, 0.2) is 0 Å². The van der Waals surface area contributed by atoms with Crippen molar-refractivity contribution in [2.45, 2.75) is 19.0 Å². The van der Waals surface area contributed by atoms with Gasteiger partial charge in [-0.3, -0.25) is 0 Å². The molecule has 1 rings (SSSR count). The van der Waals surface area contributed by atoms with Crippen molar-refractivity contribution in [3.63, 3.8) is 0 Å². The van der Waals surface area contributed by atoms with E-state index in [0.29, 0.717) is 12.8 Å². The summed E-state index contributed by atoms with van der Waals surface area (Å²) in [5, 5.41) is 8.59. The van der Waals surface area contributed by atoms with E-state index in [1.807, 2.05) is 6.08 Å². The molecule has 0 radical (unpaired) electrons. The van der Waals surface area contributed by atoms with Crippen LogP contribution in [0.4, 0.5) is 4.39 Å². The molecule has 2 heteroatoms. The first kappa shape index (κ1) is 6.75. The highest BCUT2D eigenvalue weighted by Gasteiger charge is 2.15. The molecular weight excluding hydrogens is 119 g/mol. The van der Waals surface area contributed by atoms with E-state index in [1.165, 1.54) is 0 Å². The molecule has 1 nitrogen and oxygen atoms in total. The summed E-state index contributed by atoms with van der Waals surface area (Å²) in [7, 11) is 0.